The third-order valence-electron chi connectivity index (χ3n) is 3.54. The second-order valence-electron chi connectivity index (χ2n) is 5.27. The molecule has 7 nitrogen and oxygen atoms in total. The zero-order chi connectivity index (χ0) is 17.5. The van der Waals surface area contributed by atoms with Crippen LogP contribution < -0.4 is 10.7 Å². The molecule has 0 aliphatic carbocycles. The molecule has 2 aromatic rings. The van der Waals surface area contributed by atoms with Crippen LogP contribution in [0.2, 0.25) is 0 Å². The van der Waals surface area contributed by atoms with Crippen LogP contribution >= 0.6 is 0 Å². The van der Waals surface area contributed by atoms with Gasteiger partial charge in [0.1, 0.15) is 17.4 Å². The van der Waals surface area contributed by atoms with Gasteiger partial charge in [-0.2, -0.15) is 5.01 Å². The highest BCUT2D eigenvalue weighted by Gasteiger charge is 2.52. The molecule has 0 saturated carbocycles. The Kier molecular flexibility index (Phi) is 3.55. The van der Waals surface area contributed by atoms with E-state index in [2.05, 4.69) is 5.32 Å². The molecule has 1 atom stereocenters. The van der Waals surface area contributed by atoms with E-state index in [1.54, 1.807) is 0 Å². The average Bonchev–Trinajstić information content (AvgIpc) is 3.11. The smallest absolute Gasteiger partial charge is 0.344 e. The molecule has 0 radical (unpaired) electrons. The van der Waals surface area contributed by atoms with Crippen molar-refractivity contribution in [3.8, 4) is 0 Å². The predicted octanol–water partition coefficient (Wildman–Crippen LogP) is 1.67. The first-order chi connectivity index (χ1) is 11.3. The number of furan rings is 1. The van der Waals surface area contributed by atoms with Crippen LogP contribution in [0.1, 0.15) is 23.0 Å². The number of urea groups is 1. The van der Waals surface area contributed by atoms with Crippen molar-refractivity contribution < 1.29 is 27.6 Å². The molecule has 1 aromatic carbocycles. The van der Waals surface area contributed by atoms with Crippen LogP contribution in [0.25, 0.3) is 0 Å². The van der Waals surface area contributed by atoms with E-state index in [4.69, 9.17) is 4.42 Å². The zero-order valence-electron chi connectivity index (χ0n) is 12.3. The first-order valence-electron chi connectivity index (χ1n) is 6.79. The second-order valence-corrected chi connectivity index (χ2v) is 5.27. The minimum atomic E-state index is -1.50. The topological polar surface area (TPSA) is 91.7 Å². The van der Waals surface area contributed by atoms with Crippen molar-refractivity contribution in [2.75, 3.05) is 0 Å². The lowest BCUT2D eigenvalue weighted by Gasteiger charge is -2.19. The van der Waals surface area contributed by atoms with Gasteiger partial charge in [0.15, 0.2) is 5.54 Å². The third-order valence-corrected chi connectivity index (χ3v) is 3.54. The number of hydrazine groups is 1. The Morgan fingerprint density at radius 1 is 1.25 bits per heavy atom. The third kappa shape index (κ3) is 2.49. The number of rotatable bonds is 3. The van der Waals surface area contributed by atoms with Gasteiger partial charge in [0.05, 0.1) is 6.26 Å². The monoisotopic (exact) mass is 335 g/mol. The van der Waals surface area contributed by atoms with Crippen LogP contribution in [0.3, 0.4) is 0 Å². The molecule has 1 unspecified atom stereocenters. The Morgan fingerprint density at radius 2 is 1.92 bits per heavy atom. The lowest BCUT2D eigenvalue weighted by molar-refractivity contribution is -0.133. The predicted molar refractivity (Wildman–Crippen MR) is 75.3 cm³/mol. The molecule has 1 saturated heterocycles. The van der Waals surface area contributed by atoms with Gasteiger partial charge in [-0.25, -0.2) is 13.6 Å². The fourth-order valence-electron chi connectivity index (χ4n) is 2.32. The molecule has 9 heteroatoms. The van der Waals surface area contributed by atoms with Crippen LogP contribution in [-0.2, 0) is 10.3 Å². The number of hydrogen-bond donors (Lipinski definition) is 2. The molecule has 2 N–H and O–H groups in total. The normalized spacial score (nSPS) is 20.2. The maximum Gasteiger partial charge on any atom is 0.344 e. The van der Waals surface area contributed by atoms with Crippen molar-refractivity contribution in [1.29, 1.82) is 0 Å². The zero-order valence-corrected chi connectivity index (χ0v) is 12.3. The lowest BCUT2D eigenvalue weighted by atomic mass is 10.00. The van der Waals surface area contributed by atoms with E-state index in [-0.39, 0.29) is 11.3 Å². The van der Waals surface area contributed by atoms with Gasteiger partial charge in [0, 0.05) is 11.6 Å². The van der Waals surface area contributed by atoms with Crippen molar-refractivity contribution >= 4 is 17.8 Å². The van der Waals surface area contributed by atoms with Crippen molar-refractivity contribution in [2.45, 2.75) is 12.5 Å². The lowest BCUT2D eigenvalue weighted by Crippen LogP contribution is -2.47. The highest BCUT2D eigenvalue weighted by atomic mass is 19.1. The number of hydrogen-bond acceptors (Lipinski definition) is 4. The summed E-state index contributed by atoms with van der Waals surface area (Å²) >= 11 is 0. The number of halogens is 2. The van der Waals surface area contributed by atoms with E-state index >= 15 is 0 Å². The highest BCUT2D eigenvalue weighted by Crippen LogP contribution is 2.28. The van der Waals surface area contributed by atoms with Gasteiger partial charge in [-0.15, -0.1) is 0 Å². The summed E-state index contributed by atoms with van der Waals surface area (Å²) in [6.45, 7) is 1.40. The number of nitrogens with one attached hydrogen (secondary N) is 2. The molecule has 124 valence electrons. The average molecular weight is 335 g/mol. The van der Waals surface area contributed by atoms with Crippen molar-refractivity contribution in [3.63, 3.8) is 0 Å². The van der Waals surface area contributed by atoms with Crippen LogP contribution in [-0.4, -0.2) is 22.9 Å². The molecular weight excluding hydrogens is 324 g/mol. The molecule has 1 aromatic heterocycles. The SMILES string of the molecule is CC1(c2ccco2)NC(=O)N(NC(=O)c2cc(F)cc(F)c2)C1=O. The van der Waals surface area contributed by atoms with Crippen molar-refractivity contribution in [1.82, 2.24) is 15.8 Å². The standard InChI is InChI=1S/C15H11F2N3O4/c1-15(11-3-2-4-24-11)13(22)20(14(23)18-15)19-12(21)8-5-9(16)7-10(17)6-8/h2-7H,1H3,(H,18,23)(H,19,21). The summed E-state index contributed by atoms with van der Waals surface area (Å²) in [5, 5.41) is 2.83. The summed E-state index contributed by atoms with van der Waals surface area (Å²) in [5.74, 6) is -3.56. The number of carbonyl (C=O) groups is 3. The molecule has 2 heterocycles. The number of nitrogens with zero attached hydrogens (tertiary/aromatic N) is 1. The van der Waals surface area contributed by atoms with Crippen LogP contribution in [0, 0.1) is 11.6 Å². The van der Waals surface area contributed by atoms with Gasteiger partial charge < -0.3 is 9.73 Å². The largest absolute Gasteiger partial charge is 0.466 e. The maximum atomic E-state index is 13.2. The Balaban J connectivity index is 1.84. The Hall–Kier alpha value is -3.23. The summed E-state index contributed by atoms with van der Waals surface area (Å²) in [6.07, 6.45) is 1.33. The quantitative estimate of drug-likeness (QED) is 0.835. The van der Waals surface area contributed by atoms with Gasteiger partial charge in [-0.3, -0.25) is 15.0 Å². The molecular formula is C15H11F2N3O4. The highest BCUT2D eigenvalue weighted by molar-refractivity contribution is 6.09. The second kappa shape index (κ2) is 5.44. The van der Waals surface area contributed by atoms with Gasteiger partial charge in [0.2, 0.25) is 0 Å². The summed E-state index contributed by atoms with van der Waals surface area (Å²) in [7, 11) is 0. The number of imide groups is 1. The van der Waals surface area contributed by atoms with E-state index in [1.807, 2.05) is 5.43 Å². The van der Waals surface area contributed by atoms with E-state index in [9.17, 15) is 23.2 Å². The first kappa shape index (κ1) is 15.7. The molecule has 1 aliphatic rings. The van der Waals surface area contributed by atoms with E-state index in [0.717, 1.165) is 12.1 Å². The molecule has 0 bridgehead atoms. The molecule has 3 rings (SSSR count). The minimum absolute atomic E-state index is 0.175. The minimum Gasteiger partial charge on any atom is -0.466 e. The van der Waals surface area contributed by atoms with E-state index in [0.29, 0.717) is 11.1 Å². The summed E-state index contributed by atoms with van der Waals surface area (Å²) in [6, 6.07) is 4.29. The molecule has 1 aliphatic heterocycles. The number of carbonyl (C=O) groups excluding carboxylic acids is 3. The van der Waals surface area contributed by atoms with Crippen LogP contribution in [0.15, 0.2) is 41.0 Å². The fourth-order valence-corrected chi connectivity index (χ4v) is 2.32. The number of amides is 4. The fraction of sp³-hybridized carbons (Fsp3) is 0.133. The van der Waals surface area contributed by atoms with Crippen LogP contribution in [0.4, 0.5) is 13.6 Å². The Labute approximate surface area is 134 Å². The van der Waals surface area contributed by atoms with Crippen molar-refractivity contribution in [2.24, 2.45) is 0 Å². The molecule has 1 fully saturated rings. The molecule has 0 spiro atoms. The summed E-state index contributed by atoms with van der Waals surface area (Å²) < 4.78 is 31.5. The van der Waals surface area contributed by atoms with Gasteiger partial charge in [-0.1, -0.05) is 0 Å². The van der Waals surface area contributed by atoms with Crippen LogP contribution in [0.5, 0.6) is 0 Å². The molecule has 4 amide bonds. The van der Waals surface area contributed by atoms with Gasteiger partial charge in [-0.05, 0) is 31.2 Å². The maximum absolute atomic E-state index is 13.2. The van der Waals surface area contributed by atoms with E-state index < -0.39 is 35.0 Å². The number of benzene rings is 1. The van der Waals surface area contributed by atoms with E-state index in [1.165, 1.54) is 25.3 Å². The summed E-state index contributed by atoms with van der Waals surface area (Å²) in [4.78, 5) is 36.5. The van der Waals surface area contributed by atoms with Gasteiger partial charge >= 0.3 is 6.03 Å². The van der Waals surface area contributed by atoms with Gasteiger partial charge in [0.25, 0.3) is 11.8 Å². The first-order valence-corrected chi connectivity index (χ1v) is 6.79. The Bertz CT molecular complexity index is 817. The Morgan fingerprint density at radius 3 is 2.50 bits per heavy atom. The summed E-state index contributed by atoms with van der Waals surface area (Å²) in [5.41, 5.74) is 0.150. The van der Waals surface area contributed by atoms with Crippen molar-refractivity contribution in [3.05, 3.63) is 59.6 Å². The molecule has 24 heavy (non-hydrogen) atoms.